The van der Waals surface area contributed by atoms with E-state index in [4.69, 9.17) is 4.74 Å². The molecule has 1 amide bonds. The molecule has 0 radical (unpaired) electrons. The molecule has 0 aliphatic rings. The Morgan fingerprint density at radius 3 is 2.36 bits per heavy atom. The molecule has 2 atom stereocenters. The molecule has 3 N–H and O–H groups in total. The summed E-state index contributed by atoms with van der Waals surface area (Å²) in [6.07, 6.45) is 5.44. The van der Waals surface area contributed by atoms with E-state index in [1.54, 1.807) is 42.7 Å². The number of aromatic amines is 1. The Bertz CT molecular complexity index is 1400. The number of hydrogen-bond acceptors (Lipinski definition) is 5. The number of hydrogen-bond donors (Lipinski definition) is 3. The lowest BCUT2D eigenvalue weighted by molar-refractivity contribution is -0.139. The number of aromatic nitrogens is 2. The van der Waals surface area contributed by atoms with Crippen LogP contribution in [0.4, 0.5) is 8.78 Å². The second-order valence-electron chi connectivity index (χ2n) is 8.75. The Balaban J connectivity index is 1.63. The van der Waals surface area contributed by atoms with E-state index in [0.29, 0.717) is 28.5 Å². The number of halogens is 2. The summed E-state index contributed by atoms with van der Waals surface area (Å²) in [5.74, 6) is -1.15. The molecule has 0 spiro atoms. The largest absolute Gasteiger partial charge is 0.492 e. The first-order chi connectivity index (χ1) is 18.9. The fourth-order valence-electron chi connectivity index (χ4n) is 4.08. The van der Waals surface area contributed by atoms with Gasteiger partial charge in [-0.3, -0.25) is 4.79 Å². The maximum absolute atomic E-state index is 13.6. The normalized spacial score (nSPS) is 12.5. The number of rotatable bonds is 12. The average molecular weight is 552 g/mol. The maximum atomic E-state index is 13.6. The lowest BCUT2D eigenvalue weighted by Gasteiger charge is -2.19. The van der Waals surface area contributed by atoms with Gasteiger partial charge in [-0.1, -0.05) is 24.3 Å². The van der Waals surface area contributed by atoms with Gasteiger partial charge in [0.05, 0.1) is 5.92 Å². The molecule has 3 aromatic carbocycles. The second kappa shape index (κ2) is 13.1. The Kier molecular flexibility index (Phi) is 9.32. The predicted octanol–water partition coefficient (Wildman–Crippen LogP) is 5.50. The fraction of sp³-hybridized carbons (Fsp3) is 0.207. The standard InChI is InChI=1S/C29H27F2N3O4S/c1-39-15-12-26(29(36)37)34-28(35)23-11-10-22(16-24(23)18-2-6-20(30)7-3-18)38-17-25(27-32-13-14-33-27)19-4-8-21(31)9-5-19/h2-11,13-14,16,25-26H,12,15,17H2,1H3,(H,32,33)(H,34,35)(H,36,37)/t25?,26-/m0/s1. The third-order valence-corrected chi connectivity index (χ3v) is 6.79. The Hall–Kier alpha value is -4.18. The van der Waals surface area contributed by atoms with Crippen LogP contribution in [0, 0.1) is 11.6 Å². The van der Waals surface area contributed by atoms with Crippen molar-refractivity contribution in [1.29, 1.82) is 0 Å². The van der Waals surface area contributed by atoms with Crippen LogP contribution in [0.1, 0.15) is 34.1 Å². The summed E-state index contributed by atoms with van der Waals surface area (Å²) in [6, 6.07) is 15.5. The number of benzene rings is 3. The topological polar surface area (TPSA) is 104 Å². The zero-order valence-electron chi connectivity index (χ0n) is 21.1. The quantitative estimate of drug-likeness (QED) is 0.215. The minimum atomic E-state index is -1.12. The van der Waals surface area contributed by atoms with Crippen LogP contribution in [-0.4, -0.2) is 51.6 Å². The van der Waals surface area contributed by atoms with Crippen molar-refractivity contribution in [2.24, 2.45) is 0 Å². The number of thioether (sulfide) groups is 1. The van der Waals surface area contributed by atoms with E-state index in [1.807, 2.05) is 6.26 Å². The molecule has 0 aliphatic heterocycles. The molecular weight excluding hydrogens is 524 g/mol. The first-order valence-corrected chi connectivity index (χ1v) is 13.5. The molecule has 39 heavy (non-hydrogen) atoms. The smallest absolute Gasteiger partial charge is 0.326 e. The summed E-state index contributed by atoms with van der Waals surface area (Å²) in [7, 11) is 0. The minimum absolute atomic E-state index is 0.156. The molecular formula is C29H27F2N3O4S. The van der Waals surface area contributed by atoms with E-state index in [2.05, 4.69) is 15.3 Å². The second-order valence-corrected chi connectivity index (χ2v) is 9.74. The highest BCUT2D eigenvalue weighted by atomic mass is 32.2. The van der Waals surface area contributed by atoms with Crippen LogP contribution in [-0.2, 0) is 4.79 Å². The van der Waals surface area contributed by atoms with Gasteiger partial charge < -0.3 is 20.1 Å². The first-order valence-electron chi connectivity index (χ1n) is 12.2. The van der Waals surface area contributed by atoms with Crippen molar-refractivity contribution >= 4 is 23.6 Å². The van der Waals surface area contributed by atoms with E-state index in [-0.39, 0.29) is 30.3 Å². The first kappa shape index (κ1) is 27.8. The summed E-state index contributed by atoms with van der Waals surface area (Å²) in [6.45, 7) is 0.156. The third-order valence-electron chi connectivity index (χ3n) is 6.14. The van der Waals surface area contributed by atoms with E-state index >= 15 is 0 Å². The summed E-state index contributed by atoms with van der Waals surface area (Å²) >= 11 is 1.49. The van der Waals surface area contributed by atoms with Gasteiger partial charge in [0.15, 0.2) is 0 Å². The summed E-state index contributed by atoms with van der Waals surface area (Å²) in [5.41, 5.74) is 2.04. The highest BCUT2D eigenvalue weighted by Crippen LogP contribution is 2.30. The molecule has 7 nitrogen and oxygen atoms in total. The highest BCUT2D eigenvalue weighted by Gasteiger charge is 2.23. The Labute approximate surface area is 228 Å². The van der Waals surface area contributed by atoms with Crippen molar-refractivity contribution in [2.45, 2.75) is 18.4 Å². The van der Waals surface area contributed by atoms with Crippen LogP contribution < -0.4 is 10.1 Å². The molecule has 1 heterocycles. The monoisotopic (exact) mass is 551 g/mol. The van der Waals surface area contributed by atoms with E-state index in [9.17, 15) is 23.5 Å². The van der Waals surface area contributed by atoms with Gasteiger partial charge >= 0.3 is 5.97 Å². The van der Waals surface area contributed by atoms with Crippen LogP contribution in [0.15, 0.2) is 79.1 Å². The van der Waals surface area contributed by atoms with Gasteiger partial charge in [-0.15, -0.1) is 0 Å². The van der Waals surface area contributed by atoms with Gasteiger partial charge in [-0.2, -0.15) is 11.8 Å². The molecule has 202 valence electrons. The summed E-state index contributed by atoms with van der Waals surface area (Å²) in [5, 5.41) is 12.1. The van der Waals surface area contributed by atoms with Gasteiger partial charge in [-0.05, 0) is 77.6 Å². The fourth-order valence-corrected chi connectivity index (χ4v) is 4.56. The third kappa shape index (κ3) is 7.23. The minimum Gasteiger partial charge on any atom is -0.492 e. The van der Waals surface area contributed by atoms with Gasteiger partial charge in [0.2, 0.25) is 0 Å². The van der Waals surface area contributed by atoms with Crippen molar-refractivity contribution in [3.63, 3.8) is 0 Å². The van der Waals surface area contributed by atoms with Gasteiger partial charge in [0, 0.05) is 18.0 Å². The molecule has 0 saturated carbocycles. The lowest BCUT2D eigenvalue weighted by atomic mass is 9.97. The van der Waals surface area contributed by atoms with Crippen LogP contribution in [0.5, 0.6) is 5.75 Å². The van der Waals surface area contributed by atoms with Crippen LogP contribution in [0.2, 0.25) is 0 Å². The van der Waals surface area contributed by atoms with Crippen molar-refractivity contribution in [2.75, 3.05) is 18.6 Å². The number of nitrogens with one attached hydrogen (secondary N) is 2. The van der Waals surface area contributed by atoms with Crippen molar-refractivity contribution < 1.29 is 28.2 Å². The van der Waals surface area contributed by atoms with Crippen molar-refractivity contribution in [3.8, 4) is 16.9 Å². The number of carbonyl (C=O) groups excluding carboxylic acids is 1. The molecule has 4 aromatic rings. The zero-order chi connectivity index (χ0) is 27.8. The molecule has 0 fully saturated rings. The summed E-state index contributed by atoms with van der Waals surface area (Å²) in [4.78, 5) is 32.3. The van der Waals surface area contributed by atoms with E-state index < -0.39 is 23.7 Å². The number of nitrogens with zero attached hydrogens (tertiary/aromatic N) is 1. The molecule has 1 unspecified atom stereocenters. The zero-order valence-corrected chi connectivity index (χ0v) is 21.9. The number of aliphatic carboxylic acids is 1. The molecule has 0 bridgehead atoms. The number of carbonyl (C=O) groups is 2. The van der Waals surface area contributed by atoms with Crippen LogP contribution in [0.3, 0.4) is 0 Å². The van der Waals surface area contributed by atoms with Crippen LogP contribution in [0.25, 0.3) is 11.1 Å². The summed E-state index contributed by atoms with van der Waals surface area (Å²) < 4.78 is 33.3. The number of amides is 1. The molecule has 10 heteroatoms. The molecule has 0 saturated heterocycles. The molecule has 1 aromatic heterocycles. The van der Waals surface area contributed by atoms with E-state index in [1.165, 1.54) is 48.2 Å². The van der Waals surface area contributed by atoms with Gasteiger partial charge in [0.25, 0.3) is 5.91 Å². The van der Waals surface area contributed by atoms with Crippen molar-refractivity contribution in [1.82, 2.24) is 15.3 Å². The highest BCUT2D eigenvalue weighted by molar-refractivity contribution is 7.98. The average Bonchev–Trinajstić information content (AvgIpc) is 3.47. The SMILES string of the molecule is CSCC[C@H](NC(=O)c1ccc(OCC(c2ccc(F)cc2)c2ncc[nH]2)cc1-c1ccc(F)cc1)C(=O)O. The lowest BCUT2D eigenvalue weighted by Crippen LogP contribution is -2.41. The Morgan fingerprint density at radius 2 is 1.74 bits per heavy atom. The maximum Gasteiger partial charge on any atom is 0.326 e. The molecule has 4 rings (SSSR count). The number of ether oxygens (including phenoxy) is 1. The number of H-pyrrole nitrogens is 1. The predicted molar refractivity (Wildman–Crippen MR) is 146 cm³/mol. The number of imidazole rings is 1. The Morgan fingerprint density at radius 1 is 1.05 bits per heavy atom. The van der Waals surface area contributed by atoms with Gasteiger partial charge in [0.1, 0.15) is 35.9 Å². The number of carboxylic acid groups (broad SMARTS) is 1. The van der Waals surface area contributed by atoms with E-state index in [0.717, 1.165) is 5.56 Å². The van der Waals surface area contributed by atoms with Gasteiger partial charge in [-0.25, -0.2) is 18.6 Å². The van der Waals surface area contributed by atoms with Crippen molar-refractivity contribution in [3.05, 3.63) is 108 Å². The molecule has 0 aliphatic carbocycles. The van der Waals surface area contributed by atoms with Crippen LogP contribution >= 0.6 is 11.8 Å². The number of carboxylic acids is 1.